The summed E-state index contributed by atoms with van der Waals surface area (Å²) in [7, 11) is -1.83. The Labute approximate surface area is 130 Å². The van der Waals surface area contributed by atoms with E-state index in [1.54, 1.807) is 42.6 Å². The molecule has 0 radical (unpaired) electrons. The van der Waals surface area contributed by atoms with Crippen molar-refractivity contribution in [1.29, 1.82) is 0 Å². The molecule has 0 aliphatic rings. The molecule has 0 aliphatic carbocycles. The second-order valence-corrected chi connectivity index (χ2v) is 7.64. The van der Waals surface area contributed by atoms with E-state index in [9.17, 15) is 8.42 Å². The van der Waals surface area contributed by atoms with Crippen LogP contribution in [0, 0.1) is 0 Å². The molecule has 2 aromatic rings. The van der Waals surface area contributed by atoms with Crippen LogP contribution in [-0.2, 0) is 16.4 Å². The Morgan fingerprint density at radius 1 is 1.19 bits per heavy atom. The number of hydrogen-bond donors (Lipinski definition) is 0. The number of ether oxygens (including phenoxy) is 1. The lowest BCUT2D eigenvalue weighted by Crippen LogP contribution is -2.28. The van der Waals surface area contributed by atoms with Gasteiger partial charge in [-0.3, -0.25) is 0 Å². The number of thiophene rings is 1. The van der Waals surface area contributed by atoms with Crippen LogP contribution in [0.15, 0.2) is 46.7 Å². The summed E-state index contributed by atoms with van der Waals surface area (Å²) in [4.78, 5) is 1.48. The Kier molecular flexibility index (Phi) is 5.39. The molecule has 4 nitrogen and oxygen atoms in total. The first-order chi connectivity index (χ1) is 10.0. The van der Waals surface area contributed by atoms with Gasteiger partial charge < -0.3 is 4.74 Å². The first kappa shape index (κ1) is 16.0. The topological polar surface area (TPSA) is 46.6 Å². The molecule has 2 rings (SSSR count). The Bertz CT molecular complexity index is 649. The number of nitrogens with zero attached hydrogens (tertiary/aromatic N) is 1. The standard InChI is InChI=1S/C15H19NO3S2/c1-3-19-13-6-8-15(9-7-13)21(17,18)16(2)11-10-14-5-4-12-20-14/h4-9,12H,3,10-11H2,1-2H3. The summed E-state index contributed by atoms with van der Waals surface area (Å²) in [6, 6.07) is 10.5. The lowest BCUT2D eigenvalue weighted by Gasteiger charge is -2.17. The van der Waals surface area contributed by atoms with Crippen molar-refractivity contribution < 1.29 is 13.2 Å². The minimum Gasteiger partial charge on any atom is -0.494 e. The second kappa shape index (κ2) is 7.06. The maximum Gasteiger partial charge on any atom is 0.242 e. The Morgan fingerprint density at radius 3 is 2.48 bits per heavy atom. The number of sulfonamides is 1. The first-order valence-electron chi connectivity index (χ1n) is 6.75. The average Bonchev–Trinajstić information content (AvgIpc) is 2.99. The Hall–Kier alpha value is -1.37. The van der Waals surface area contributed by atoms with Crippen LogP contribution in [0.25, 0.3) is 0 Å². The maximum atomic E-state index is 12.4. The van der Waals surface area contributed by atoms with E-state index in [4.69, 9.17) is 4.74 Å². The van der Waals surface area contributed by atoms with E-state index >= 15 is 0 Å². The monoisotopic (exact) mass is 325 g/mol. The van der Waals surface area contributed by atoms with Crippen LogP contribution in [0.3, 0.4) is 0 Å². The number of benzene rings is 1. The highest BCUT2D eigenvalue weighted by Crippen LogP contribution is 2.19. The fourth-order valence-electron chi connectivity index (χ4n) is 1.90. The van der Waals surface area contributed by atoms with E-state index in [-0.39, 0.29) is 0 Å². The molecule has 0 aliphatic heterocycles. The minimum atomic E-state index is -3.44. The molecule has 1 heterocycles. The van der Waals surface area contributed by atoms with Gasteiger partial charge in [-0.2, -0.15) is 0 Å². The summed E-state index contributed by atoms with van der Waals surface area (Å²) < 4.78 is 31.6. The third-order valence-electron chi connectivity index (χ3n) is 3.10. The molecule has 0 spiro atoms. The Balaban J connectivity index is 2.05. The van der Waals surface area contributed by atoms with Gasteiger partial charge in [-0.25, -0.2) is 12.7 Å². The molecule has 114 valence electrons. The quantitative estimate of drug-likeness (QED) is 0.786. The molecule has 1 aromatic carbocycles. The first-order valence-corrected chi connectivity index (χ1v) is 9.07. The third kappa shape index (κ3) is 4.06. The van der Waals surface area contributed by atoms with Crippen LogP contribution in [0.4, 0.5) is 0 Å². The summed E-state index contributed by atoms with van der Waals surface area (Å²) >= 11 is 1.64. The van der Waals surface area contributed by atoms with Gasteiger partial charge in [0.2, 0.25) is 10.0 Å². The van der Waals surface area contributed by atoms with Gasteiger partial charge in [0.05, 0.1) is 11.5 Å². The highest BCUT2D eigenvalue weighted by Gasteiger charge is 2.20. The van der Waals surface area contributed by atoms with E-state index in [0.29, 0.717) is 23.8 Å². The van der Waals surface area contributed by atoms with Crippen LogP contribution in [0.1, 0.15) is 11.8 Å². The molecule has 21 heavy (non-hydrogen) atoms. The van der Waals surface area contributed by atoms with Gasteiger partial charge in [0, 0.05) is 18.5 Å². The summed E-state index contributed by atoms with van der Waals surface area (Å²) in [5, 5.41) is 2.00. The molecule has 0 bridgehead atoms. The average molecular weight is 325 g/mol. The van der Waals surface area contributed by atoms with Gasteiger partial charge in [-0.15, -0.1) is 11.3 Å². The minimum absolute atomic E-state index is 0.291. The molecule has 6 heteroatoms. The predicted molar refractivity (Wildman–Crippen MR) is 85.4 cm³/mol. The van der Waals surface area contributed by atoms with E-state index < -0.39 is 10.0 Å². The van der Waals surface area contributed by atoms with Crippen molar-refractivity contribution in [1.82, 2.24) is 4.31 Å². The van der Waals surface area contributed by atoms with Crippen molar-refractivity contribution in [2.45, 2.75) is 18.2 Å². The summed E-state index contributed by atoms with van der Waals surface area (Å²) in [6.07, 6.45) is 0.727. The van der Waals surface area contributed by atoms with E-state index in [1.165, 1.54) is 9.18 Å². The molecular formula is C15H19NO3S2. The van der Waals surface area contributed by atoms with E-state index in [0.717, 1.165) is 6.42 Å². The number of rotatable bonds is 7. The van der Waals surface area contributed by atoms with Crippen LogP contribution in [0.2, 0.25) is 0 Å². The second-order valence-electron chi connectivity index (χ2n) is 4.56. The molecule has 0 fully saturated rings. The predicted octanol–water partition coefficient (Wildman–Crippen LogP) is 3.01. The van der Waals surface area contributed by atoms with Crippen LogP contribution in [-0.4, -0.2) is 32.9 Å². The molecule has 0 unspecified atom stereocenters. The van der Waals surface area contributed by atoms with Crippen molar-refractivity contribution in [3.8, 4) is 5.75 Å². The van der Waals surface area contributed by atoms with Gasteiger partial charge in [0.1, 0.15) is 5.75 Å². The summed E-state index contributed by atoms with van der Waals surface area (Å²) in [6.45, 7) is 2.92. The van der Waals surface area contributed by atoms with Crippen molar-refractivity contribution in [3.05, 3.63) is 46.7 Å². The van der Waals surface area contributed by atoms with Gasteiger partial charge in [-0.1, -0.05) is 6.07 Å². The fourth-order valence-corrected chi connectivity index (χ4v) is 3.77. The summed E-state index contributed by atoms with van der Waals surface area (Å²) in [5.74, 6) is 0.678. The molecule has 1 aromatic heterocycles. The largest absolute Gasteiger partial charge is 0.494 e. The van der Waals surface area contributed by atoms with Crippen LogP contribution < -0.4 is 4.74 Å². The molecule has 0 amide bonds. The third-order valence-corrected chi connectivity index (χ3v) is 5.90. The van der Waals surface area contributed by atoms with Gasteiger partial charge in [0.15, 0.2) is 0 Å². The maximum absolute atomic E-state index is 12.4. The normalized spacial score (nSPS) is 11.8. The van der Waals surface area contributed by atoms with Crippen molar-refractivity contribution >= 4 is 21.4 Å². The van der Waals surface area contributed by atoms with Gasteiger partial charge in [0.25, 0.3) is 0 Å². The smallest absolute Gasteiger partial charge is 0.242 e. The lowest BCUT2D eigenvalue weighted by atomic mass is 10.3. The fraction of sp³-hybridized carbons (Fsp3) is 0.333. The van der Waals surface area contributed by atoms with Crippen LogP contribution >= 0.6 is 11.3 Å². The van der Waals surface area contributed by atoms with Gasteiger partial charge >= 0.3 is 0 Å². The molecule has 0 saturated carbocycles. The Morgan fingerprint density at radius 2 is 1.90 bits per heavy atom. The molecular weight excluding hydrogens is 306 g/mol. The molecule has 0 N–H and O–H groups in total. The molecule has 0 saturated heterocycles. The SMILES string of the molecule is CCOc1ccc(S(=O)(=O)N(C)CCc2cccs2)cc1. The van der Waals surface area contributed by atoms with Crippen LogP contribution in [0.5, 0.6) is 5.75 Å². The van der Waals surface area contributed by atoms with E-state index in [2.05, 4.69) is 0 Å². The highest BCUT2D eigenvalue weighted by atomic mass is 32.2. The summed E-state index contributed by atoms with van der Waals surface area (Å²) in [5.41, 5.74) is 0. The number of hydrogen-bond acceptors (Lipinski definition) is 4. The zero-order valence-electron chi connectivity index (χ0n) is 12.2. The van der Waals surface area contributed by atoms with E-state index in [1.807, 2.05) is 24.4 Å². The van der Waals surface area contributed by atoms with Gasteiger partial charge in [-0.05, 0) is 49.1 Å². The number of likely N-dealkylation sites (N-methyl/N-ethyl adjacent to an activating group) is 1. The van der Waals surface area contributed by atoms with Crippen molar-refractivity contribution in [3.63, 3.8) is 0 Å². The van der Waals surface area contributed by atoms with Crippen molar-refractivity contribution in [2.24, 2.45) is 0 Å². The molecule has 0 atom stereocenters. The zero-order valence-corrected chi connectivity index (χ0v) is 13.8. The zero-order chi connectivity index (χ0) is 15.3. The van der Waals surface area contributed by atoms with Crippen molar-refractivity contribution in [2.75, 3.05) is 20.2 Å². The lowest BCUT2D eigenvalue weighted by molar-refractivity contribution is 0.340. The highest BCUT2D eigenvalue weighted by molar-refractivity contribution is 7.89.